The Morgan fingerprint density at radius 2 is 2.11 bits per heavy atom. The molecule has 0 amide bonds. The highest BCUT2D eigenvalue weighted by molar-refractivity contribution is 5.82. The van der Waals surface area contributed by atoms with Gasteiger partial charge in [-0.3, -0.25) is 9.78 Å². The molecule has 2 unspecified atom stereocenters. The maximum atomic E-state index is 11.1. The Hall–Kier alpha value is -1.98. The second-order valence-electron chi connectivity index (χ2n) is 4.21. The van der Waals surface area contributed by atoms with Crippen LogP contribution >= 0.6 is 0 Å². The molecule has 0 aliphatic heterocycles. The minimum absolute atomic E-state index is 0.256. The monoisotopic (exact) mass is 261 g/mol. The Balaban J connectivity index is 2.30. The van der Waals surface area contributed by atoms with E-state index in [0.717, 1.165) is 10.9 Å². The number of carbonyl (C=O) groups is 1. The number of ether oxygens (including phenoxy) is 1. The molecule has 0 saturated heterocycles. The first-order chi connectivity index (χ1) is 9.13. The lowest BCUT2D eigenvalue weighted by Gasteiger charge is -2.18. The second-order valence-corrected chi connectivity index (χ2v) is 4.21. The molecule has 2 N–H and O–H groups in total. The minimum Gasteiger partial charge on any atom is -0.469 e. The van der Waals surface area contributed by atoms with Gasteiger partial charge in [-0.05, 0) is 17.7 Å². The largest absolute Gasteiger partial charge is 0.469 e. The molecule has 19 heavy (non-hydrogen) atoms. The van der Waals surface area contributed by atoms with Crippen LogP contribution in [0.4, 0.5) is 0 Å². The van der Waals surface area contributed by atoms with E-state index in [0.29, 0.717) is 5.56 Å². The number of hydrogen-bond donors (Lipinski definition) is 2. The van der Waals surface area contributed by atoms with Gasteiger partial charge >= 0.3 is 5.97 Å². The summed E-state index contributed by atoms with van der Waals surface area (Å²) in [6.45, 7) is 0. The number of pyridine rings is 1. The highest BCUT2D eigenvalue weighted by Gasteiger charge is 2.23. The van der Waals surface area contributed by atoms with E-state index >= 15 is 0 Å². The zero-order valence-electron chi connectivity index (χ0n) is 10.5. The first-order valence-corrected chi connectivity index (χ1v) is 5.90. The molecule has 5 nitrogen and oxygen atoms in total. The third-order valence-corrected chi connectivity index (χ3v) is 2.97. The van der Waals surface area contributed by atoms with Gasteiger partial charge in [0.2, 0.25) is 0 Å². The lowest BCUT2D eigenvalue weighted by Crippen LogP contribution is -2.22. The van der Waals surface area contributed by atoms with E-state index in [9.17, 15) is 15.0 Å². The molecule has 0 bridgehead atoms. The van der Waals surface area contributed by atoms with Crippen molar-refractivity contribution in [2.45, 2.75) is 18.6 Å². The summed E-state index contributed by atoms with van der Waals surface area (Å²) in [5, 5.41) is 20.8. The van der Waals surface area contributed by atoms with Crippen molar-refractivity contribution in [3.05, 3.63) is 42.1 Å². The first-order valence-electron chi connectivity index (χ1n) is 5.90. The van der Waals surface area contributed by atoms with Crippen molar-refractivity contribution in [1.82, 2.24) is 4.98 Å². The average molecular weight is 261 g/mol. The number of aliphatic hydroxyl groups is 2. The normalized spacial score (nSPS) is 14.1. The lowest BCUT2D eigenvalue weighted by molar-refractivity contribution is -0.144. The molecule has 0 aliphatic carbocycles. The number of methoxy groups -OCH3 is 1. The SMILES string of the molecule is COC(=O)CC(O)C(O)c1cccc2ncccc12. The molecule has 100 valence electrons. The maximum absolute atomic E-state index is 11.1. The molecule has 0 aliphatic rings. The summed E-state index contributed by atoms with van der Waals surface area (Å²) >= 11 is 0. The van der Waals surface area contributed by atoms with Crippen molar-refractivity contribution in [1.29, 1.82) is 0 Å². The summed E-state index contributed by atoms with van der Waals surface area (Å²) in [6, 6.07) is 8.84. The van der Waals surface area contributed by atoms with E-state index in [1.165, 1.54) is 7.11 Å². The molecule has 0 saturated carbocycles. The predicted molar refractivity (Wildman–Crippen MR) is 69.3 cm³/mol. The maximum Gasteiger partial charge on any atom is 0.308 e. The van der Waals surface area contributed by atoms with Gasteiger partial charge in [0.05, 0.1) is 25.2 Å². The Bertz CT molecular complexity index is 579. The van der Waals surface area contributed by atoms with Gasteiger partial charge in [0.15, 0.2) is 0 Å². The summed E-state index contributed by atoms with van der Waals surface area (Å²) in [5.74, 6) is -0.565. The standard InChI is InChI=1S/C14H15NO4/c1-19-13(17)8-12(16)14(18)10-4-2-6-11-9(10)5-3-7-15-11/h2-7,12,14,16,18H,8H2,1H3. The van der Waals surface area contributed by atoms with Gasteiger partial charge in [-0.1, -0.05) is 18.2 Å². The third kappa shape index (κ3) is 2.89. The number of rotatable bonds is 4. The number of nitrogens with zero attached hydrogens (tertiary/aromatic N) is 1. The van der Waals surface area contributed by atoms with Crippen LogP contribution in [0.15, 0.2) is 36.5 Å². The number of hydrogen-bond acceptors (Lipinski definition) is 5. The number of esters is 1. The van der Waals surface area contributed by atoms with Gasteiger partial charge in [-0.25, -0.2) is 0 Å². The average Bonchev–Trinajstić information content (AvgIpc) is 2.45. The van der Waals surface area contributed by atoms with Crippen LogP contribution in [0.25, 0.3) is 10.9 Å². The van der Waals surface area contributed by atoms with Crippen LogP contribution in [-0.4, -0.2) is 34.4 Å². The Labute approximate surface area is 110 Å². The third-order valence-electron chi connectivity index (χ3n) is 2.97. The smallest absolute Gasteiger partial charge is 0.308 e. The summed E-state index contributed by atoms with van der Waals surface area (Å²) in [4.78, 5) is 15.3. The van der Waals surface area contributed by atoms with Crippen LogP contribution in [0, 0.1) is 0 Å². The number of aliphatic hydroxyl groups excluding tert-OH is 2. The fourth-order valence-electron chi connectivity index (χ4n) is 1.96. The van der Waals surface area contributed by atoms with Crippen LogP contribution < -0.4 is 0 Å². The van der Waals surface area contributed by atoms with Crippen molar-refractivity contribution in [2.24, 2.45) is 0 Å². The topological polar surface area (TPSA) is 79.7 Å². The zero-order valence-corrected chi connectivity index (χ0v) is 10.5. The van der Waals surface area contributed by atoms with Crippen molar-refractivity contribution in [3.63, 3.8) is 0 Å². The molecule has 2 rings (SSSR count). The fourth-order valence-corrected chi connectivity index (χ4v) is 1.96. The van der Waals surface area contributed by atoms with E-state index in [-0.39, 0.29) is 6.42 Å². The molecule has 1 aromatic heterocycles. The summed E-state index contributed by atoms with van der Waals surface area (Å²) in [7, 11) is 1.24. The molecule has 1 aromatic carbocycles. The molecule has 0 fully saturated rings. The van der Waals surface area contributed by atoms with Crippen molar-refractivity contribution in [2.75, 3.05) is 7.11 Å². The number of fused-ring (bicyclic) bond motifs is 1. The summed E-state index contributed by atoms with van der Waals surface area (Å²) in [5.41, 5.74) is 1.27. The summed E-state index contributed by atoms with van der Waals surface area (Å²) in [6.07, 6.45) is -0.970. The van der Waals surface area contributed by atoms with Crippen molar-refractivity contribution >= 4 is 16.9 Å². The van der Waals surface area contributed by atoms with Gasteiger partial charge in [0, 0.05) is 11.6 Å². The van der Waals surface area contributed by atoms with Crippen LogP contribution in [0.1, 0.15) is 18.1 Å². The van der Waals surface area contributed by atoms with E-state index in [1.54, 1.807) is 24.4 Å². The van der Waals surface area contributed by atoms with E-state index < -0.39 is 18.2 Å². The van der Waals surface area contributed by atoms with Gasteiger partial charge in [-0.15, -0.1) is 0 Å². The van der Waals surface area contributed by atoms with Crippen LogP contribution in [0.2, 0.25) is 0 Å². The molecule has 1 heterocycles. The second kappa shape index (κ2) is 5.77. The molecule has 5 heteroatoms. The molecule has 0 radical (unpaired) electrons. The molecule has 2 aromatic rings. The fraction of sp³-hybridized carbons (Fsp3) is 0.286. The van der Waals surface area contributed by atoms with Crippen molar-refractivity contribution < 1.29 is 19.7 Å². The lowest BCUT2D eigenvalue weighted by atomic mass is 9.98. The van der Waals surface area contributed by atoms with E-state index in [4.69, 9.17) is 0 Å². The van der Waals surface area contributed by atoms with E-state index in [1.807, 2.05) is 12.1 Å². The quantitative estimate of drug-likeness (QED) is 0.808. The number of aromatic nitrogens is 1. The molecule has 0 spiro atoms. The molecular weight excluding hydrogens is 246 g/mol. The van der Waals surface area contributed by atoms with Gasteiger partial charge in [0.1, 0.15) is 6.10 Å². The summed E-state index contributed by atoms with van der Waals surface area (Å²) < 4.78 is 4.47. The van der Waals surface area contributed by atoms with Gasteiger partial charge < -0.3 is 14.9 Å². The van der Waals surface area contributed by atoms with Gasteiger partial charge in [0.25, 0.3) is 0 Å². The number of benzene rings is 1. The minimum atomic E-state index is -1.21. The molecular formula is C14H15NO4. The van der Waals surface area contributed by atoms with Crippen molar-refractivity contribution in [3.8, 4) is 0 Å². The zero-order chi connectivity index (χ0) is 13.8. The Morgan fingerprint density at radius 3 is 2.84 bits per heavy atom. The van der Waals surface area contributed by atoms with E-state index in [2.05, 4.69) is 9.72 Å². The number of carbonyl (C=O) groups excluding carboxylic acids is 1. The van der Waals surface area contributed by atoms with Gasteiger partial charge in [-0.2, -0.15) is 0 Å². The highest BCUT2D eigenvalue weighted by Crippen LogP contribution is 2.26. The predicted octanol–water partition coefficient (Wildman–Crippen LogP) is 1.19. The highest BCUT2D eigenvalue weighted by atomic mass is 16.5. The van der Waals surface area contributed by atoms with Crippen LogP contribution in [0.3, 0.4) is 0 Å². The Kier molecular flexibility index (Phi) is 4.09. The molecule has 2 atom stereocenters. The van der Waals surface area contributed by atoms with Crippen LogP contribution in [0.5, 0.6) is 0 Å². The Morgan fingerprint density at radius 1 is 1.32 bits per heavy atom. The first kappa shape index (κ1) is 13.5. The van der Waals surface area contributed by atoms with Crippen LogP contribution in [-0.2, 0) is 9.53 Å².